The van der Waals surface area contributed by atoms with Gasteiger partial charge in [0.1, 0.15) is 0 Å². The molecule has 4 nitrogen and oxygen atoms in total. The summed E-state index contributed by atoms with van der Waals surface area (Å²) in [5, 5.41) is 10.9. The van der Waals surface area contributed by atoms with Crippen LogP contribution in [-0.2, 0) is 0 Å². The van der Waals surface area contributed by atoms with E-state index in [9.17, 15) is 5.11 Å². The number of aliphatic imine (C=N–C) groups is 1. The standard InChI is InChI=1S/C20H23ClN2O2/c1-2-25-19-13-16(21)12-15(20(19)24)14-22-17-8-4-5-9-18(17)23-10-6-3-7-11-23/h4-5,8-9,12-14,24H,2-3,6-7,10-11H2,1H3. The number of rotatable bonds is 5. The van der Waals surface area contributed by atoms with Gasteiger partial charge in [0.05, 0.1) is 18.0 Å². The molecule has 2 aromatic carbocycles. The molecule has 0 aromatic heterocycles. The molecule has 132 valence electrons. The van der Waals surface area contributed by atoms with E-state index in [0.29, 0.717) is 22.9 Å². The largest absolute Gasteiger partial charge is 0.504 e. The van der Waals surface area contributed by atoms with Crippen molar-refractivity contribution >= 4 is 29.2 Å². The molecule has 0 unspecified atom stereocenters. The van der Waals surface area contributed by atoms with Crippen LogP contribution in [0.15, 0.2) is 41.4 Å². The lowest BCUT2D eigenvalue weighted by Crippen LogP contribution is -2.29. The Hall–Kier alpha value is -2.20. The molecule has 25 heavy (non-hydrogen) atoms. The lowest BCUT2D eigenvalue weighted by molar-refractivity contribution is 0.318. The van der Waals surface area contributed by atoms with Crippen molar-refractivity contribution in [1.82, 2.24) is 0 Å². The summed E-state index contributed by atoms with van der Waals surface area (Å²) in [6.07, 6.45) is 5.36. The van der Waals surface area contributed by atoms with Gasteiger partial charge in [0.15, 0.2) is 11.5 Å². The van der Waals surface area contributed by atoms with Crippen LogP contribution in [0.3, 0.4) is 0 Å². The number of aromatic hydroxyl groups is 1. The molecule has 0 spiro atoms. The second-order valence-electron chi connectivity index (χ2n) is 6.07. The third-order valence-corrected chi connectivity index (χ3v) is 4.51. The normalized spacial score (nSPS) is 14.9. The van der Waals surface area contributed by atoms with Gasteiger partial charge in [-0.1, -0.05) is 23.7 Å². The van der Waals surface area contributed by atoms with Crippen molar-refractivity contribution in [3.05, 3.63) is 47.0 Å². The van der Waals surface area contributed by atoms with Crippen LogP contribution in [-0.4, -0.2) is 31.0 Å². The van der Waals surface area contributed by atoms with Crippen LogP contribution in [0.25, 0.3) is 0 Å². The minimum absolute atomic E-state index is 0.0606. The van der Waals surface area contributed by atoms with E-state index in [1.807, 2.05) is 25.1 Å². The Kier molecular flexibility index (Phi) is 5.82. The number of benzene rings is 2. The van der Waals surface area contributed by atoms with Gasteiger partial charge >= 0.3 is 0 Å². The smallest absolute Gasteiger partial charge is 0.166 e. The molecular formula is C20H23ClN2O2. The van der Waals surface area contributed by atoms with Crippen LogP contribution in [0.1, 0.15) is 31.7 Å². The number of phenolic OH excluding ortho intramolecular Hbond substituents is 1. The number of anilines is 1. The molecule has 1 N–H and O–H groups in total. The van der Waals surface area contributed by atoms with E-state index in [2.05, 4.69) is 16.0 Å². The molecule has 2 aromatic rings. The zero-order valence-electron chi connectivity index (χ0n) is 14.4. The Balaban J connectivity index is 1.90. The van der Waals surface area contributed by atoms with E-state index >= 15 is 0 Å². The number of piperidine rings is 1. The Morgan fingerprint density at radius 2 is 1.96 bits per heavy atom. The molecule has 0 atom stereocenters. The van der Waals surface area contributed by atoms with Gasteiger partial charge in [-0.25, -0.2) is 0 Å². The van der Waals surface area contributed by atoms with Crippen molar-refractivity contribution < 1.29 is 9.84 Å². The SMILES string of the molecule is CCOc1cc(Cl)cc(C=Nc2ccccc2N2CCCCC2)c1O. The van der Waals surface area contributed by atoms with E-state index < -0.39 is 0 Å². The third-order valence-electron chi connectivity index (χ3n) is 4.29. The summed E-state index contributed by atoms with van der Waals surface area (Å²) in [4.78, 5) is 6.99. The van der Waals surface area contributed by atoms with Crippen LogP contribution < -0.4 is 9.64 Å². The van der Waals surface area contributed by atoms with Crippen LogP contribution in [0.2, 0.25) is 5.02 Å². The fourth-order valence-electron chi connectivity index (χ4n) is 3.07. The fourth-order valence-corrected chi connectivity index (χ4v) is 3.29. The van der Waals surface area contributed by atoms with Crippen LogP contribution >= 0.6 is 11.6 Å². The van der Waals surface area contributed by atoms with E-state index in [4.69, 9.17) is 16.3 Å². The predicted molar refractivity (Wildman–Crippen MR) is 104 cm³/mol. The summed E-state index contributed by atoms with van der Waals surface area (Å²) in [5.41, 5.74) is 2.57. The van der Waals surface area contributed by atoms with Gasteiger partial charge in [-0.2, -0.15) is 0 Å². The van der Waals surface area contributed by atoms with Crippen molar-refractivity contribution in [2.24, 2.45) is 4.99 Å². The first kappa shape index (κ1) is 17.6. The van der Waals surface area contributed by atoms with Gasteiger partial charge in [0, 0.05) is 36.0 Å². The summed E-state index contributed by atoms with van der Waals surface area (Å²) in [7, 11) is 0. The Labute approximate surface area is 153 Å². The predicted octanol–water partition coefficient (Wildman–Crippen LogP) is 5.19. The van der Waals surface area contributed by atoms with Crippen molar-refractivity contribution in [3.63, 3.8) is 0 Å². The molecular weight excluding hydrogens is 336 g/mol. The average Bonchev–Trinajstić information content (AvgIpc) is 2.64. The second-order valence-corrected chi connectivity index (χ2v) is 6.51. The molecule has 1 heterocycles. The number of ether oxygens (including phenoxy) is 1. The topological polar surface area (TPSA) is 45.1 Å². The number of hydrogen-bond acceptors (Lipinski definition) is 4. The zero-order valence-corrected chi connectivity index (χ0v) is 15.2. The minimum Gasteiger partial charge on any atom is -0.504 e. The fraction of sp³-hybridized carbons (Fsp3) is 0.350. The van der Waals surface area contributed by atoms with Gasteiger partial charge in [0.2, 0.25) is 0 Å². The molecule has 3 rings (SSSR count). The number of phenols is 1. The van der Waals surface area contributed by atoms with Gasteiger partial charge in [0.25, 0.3) is 0 Å². The maximum absolute atomic E-state index is 10.4. The van der Waals surface area contributed by atoms with E-state index in [0.717, 1.165) is 24.5 Å². The lowest BCUT2D eigenvalue weighted by atomic mass is 10.1. The quantitative estimate of drug-likeness (QED) is 0.748. The maximum atomic E-state index is 10.4. The summed E-state index contributed by atoms with van der Waals surface area (Å²) in [6.45, 7) is 4.44. The molecule has 0 bridgehead atoms. The molecule has 5 heteroatoms. The molecule has 0 amide bonds. The molecule has 1 fully saturated rings. The van der Waals surface area contributed by atoms with Crippen LogP contribution in [0.5, 0.6) is 11.5 Å². The van der Waals surface area contributed by atoms with Gasteiger partial charge in [-0.05, 0) is 44.4 Å². The second kappa shape index (κ2) is 8.26. The van der Waals surface area contributed by atoms with Crippen LogP contribution in [0.4, 0.5) is 11.4 Å². The molecule has 1 aliphatic rings. The lowest BCUT2D eigenvalue weighted by Gasteiger charge is -2.29. The molecule has 0 radical (unpaired) electrons. The van der Waals surface area contributed by atoms with Crippen molar-refractivity contribution in [2.75, 3.05) is 24.6 Å². The first-order valence-corrected chi connectivity index (χ1v) is 9.10. The van der Waals surface area contributed by atoms with Gasteiger partial charge in [-0.3, -0.25) is 4.99 Å². The first-order valence-electron chi connectivity index (χ1n) is 8.72. The summed E-state index contributed by atoms with van der Waals surface area (Å²) >= 11 is 6.13. The molecule has 1 saturated heterocycles. The van der Waals surface area contributed by atoms with Crippen molar-refractivity contribution in [1.29, 1.82) is 0 Å². The summed E-state index contributed by atoms with van der Waals surface area (Å²) in [6, 6.07) is 11.4. The number of hydrogen-bond donors (Lipinski definition) is 1. The van der Waals surface area contributed by atoms with Crippen molar-refractivity contribution in [3.8, 4) is 11.5 Å². The highest BCUT2D eigenvalue weighted by molar-refractivity contribution is 6.31. The average molecular weight is 359 g/mol. The summed E-state index contributed by atoms with van der Waals surface area (Å²) in [5.74, 6) is 0.436. The van der Waals surface area contributed by atoms with E-state index in [1.54, 1.807) is 18.3 Å². The maximum Gasteiger partial charge on any atom is 0.166 e. The van der Waals surface area contributed by atoms with Gasteiger partial charge in [-0.15, -0.1) is 0 Å². The number of nitrogens with zero attached hydrogens (tertiary/aromatic N) is 2. The summed E-state index contributed by atoms with van der Waals surface area (Å²) < 4.78 is 5.42. The van der Waals surface area contributed by atoms with E-state index in [-0.39, 0.29) is 5.75 Å². The molecule has 0 saturated carbocycles. The third kappa shape index (κ3) is 4.26. The Morgan fingerprint density at radius 1 is 1.20 bits per heavy atom. The zero-order chi connectivity index (χ0) is 17.6. The molecule has 0 aliphatic carbocycles. The Bertz CT molecular complexity index is 755. The van der Waals surface area contributed by atoms with Crippen molar-refractivity contribution in [2.45, 2.75) is 26.2 Å². The highest BCUT2D eigenvalue weighted by Gasteiger charge is 2.14. The monoisotopic (exact) mass is 358 g/mol. The molecule has 1 aliphatic heterocycles. The van der Waals surface area contributed by atoms with E-state index in [1.165, 1.54) is 19.3 Å². The Morgan fingerprint density at radius 3 is 2.72 bits per heavy atom. The van der Waals surface area contributed by atoms with Gasteiger partial charge < -0.3 is 14.7 Å². The number of halogens is 1. The first-order chi connectivity index (χ1) is 12.2. The minimum atomic E-state index is 0.0606. The highest BCUT2D eigenvalue weighted by atomic mass is 35.5. The number of para-hydroxylation sites is 2. The highest BCUT2D eigenvalue weighted by Crippen LogP contribution is 2.34. The van der Waals surface area contributed by atoms with Crippen LogP contribution in [0, 0.1) is 0 Å².